The third-order valence-electron chi connectivity index (χ3n) is 4.05. The Morgan fingerprint density at radius 3 is 2.64 bits per heavy atom. The van der Waals surface area contributed by atoms with Crippen molar-refractivity contribution in [3.05, 3.63) is 69.6 Å². The fraction of sp³-hybridized carbons (Fsp3) is 0.200. The van der Waals surface area contributed by atoms with Gasteiger partial charge in [-0.15, -0.1) is 0 Å². The highest BCUT2D eigenvalue weighted by molar-refractivity contribution is 5.82. The lowest BCUT2D eigenvalue weighted by Crippen LogP contribution is -2.18. The average Bonchev–Trinajstić information content (AvgIpc) is 2.55. The summed E-state index contributed by atoms with van der Waals surface area (Å²) >= 11 is 0. The Morgan fingerprint density at radius 2 is 1.84 bits per heavy atom. The predicted molar refractivity (Wildman–Crippen MR) is 94.3 cm³/mol. The molecular weight excluding hydrogens is 320 g/mol. The smallest absolute Gasteiger partial charge is 0.349 e. The van der Waals surface area contributed by atoms with Crippen molar-refractivity contribution in [2.24, 2.45) is 0 Å². The van der Waals surface area contributed by atoms with Crippen LogP contribution in [0.2, 0.25) is 0 Å². The molecule has 0 bridgehead atoms. The number of carbonyl (C=O) groups is 1. The lowest BCUT2D eigenvalue weighted by Gasteiger charge is -2.10. The Balaban J connectivity index is 1.71. The van der Waals surface area contributed by atoms with Crippen molar-refractivity contribution in [2.75, 3.05) is 6.61 Å². The van der Waals surface area contributed by atoms with Crippen molar-refractivity contribution in [3.8, 4) is 11.5 Å². The third-order valence-corrected chi connectivity index (χ3v) is 4.05. The van der Waals surface area contributed by atoms with Gasteiger partial charge in [0.2, 0.25) is 0 Å². The minimum Gasteiger partial charge on any atom is -0.482 e. The number of rotatable bonds is 4. The zero-order chi connectivity index (χ0) is 18.0. The summed E-state index contributed by atoms with van der Waals surface area (Å²) in [6, 6.07) is 12.0. The Kier molecular flexibility index (Phi) is 4.57. The van der Waals surface area contributed by atoms with Crippen LogP contribution >= 0.6 is 0 Å². The molecule has 5 heteroatoms. The van der Waals surface area contributed by atoms with Gasteiger partial charge >= 0.3 is 11.6 Å². The highest BCUT2D eigenvalue weighted by Gasteiger charge is 2.10. The van der Waals surface area contributed by atoms with E-state index in [2.05, 4.69) is 0 Å². The van der Waals surface area contributed by atoms with Crippen LogP contribution in [0.15, 0.2) is 51.7 Å². The minimum absolute atomic E-state index is 0.208. The molecule has 25 heavy (non-hydrogen) atoms. The number of carbonyl (C=O) groups excluding carboxylic acids is 1. The highest BCUT2D eigenvalue weighted by atomic mass is 16.6. The van der Waals surface area contributed by atoms with Gasteiger partial charge in [0.1, 0.15) is 17.1 Å². The van der Waals surface area contributed by atoms with Gasteiger partial charge in [-0.1, -0.05) is 12.1 Å². The Bertz CT molecular complexity index is 1000. The molecule has 1 aromatic heterocycles. The van der Waals surface area contributed by atoms with Crippen LogP contribution in [0.3, 0.4) is 0 Å². The SMILES string of the molecule is Cc1cccc(OCC(=O)Oc2ccc3c(C)cc(=O)oc3c2)c1C. The van der Waals surface area contributed by atoms with Crippen LogP contribution in [0, 0.1) is 20.8 Å². The Morgan fingerprint density at radius 1 is 1.04 bits per heavy atom. The molecule has 0 atom stereocenters. The molecule has 128 valence electrons. The van der Waals surface area contributed by atoms with Gasteiger partial charge in [-0.2, -0.15) is 0 Å². The van der Waals surface area contributed by atoms with Gasteiger partial charge in [-0.25, -0.2) is 9.59 Å². The molecule has 0 saturated carbocycles. The van der Waals surface area contributed by atoms with E-state index >= 15 is 0 Å². The molecule has 0 N–H and O–H groups in total. The number of hydrogen-bond acceptors (Lipinski definition) is 5. The van der Waals surface area contributed by atoms with Gasteiger partial charge in [0.25, 0.3) is 0 Å². The number of hydrogen-bond donors (Lipinski definition) is 0. The van der Waals surface area contributed by atoms with Crippen LogP contribution < -0.4 is 15.1 Å². The van der Waals surface area contributed by atoms with E-state index in [1.165, 1.54) is 12.1 Å². The summed E-state index contributed by atoms with van der Waals surface area (Å²) in [4.78, 5) is 23.5. The van der Waals surface area contributed by atoms with Gasteiger partial charge in [-0.3, -0.25) is 0 Å². The topological polar surface area (TPSA) is 65.7 Å². The fourth-order valence-corrected chi connectivity index (χ4v) is 2.55. The summed E-state index contributed by atoms with van der Waals surface area (Å²) in [5.74, 6) is 0.420. The maximum absolute atomic E-state index is 12.0. The second-order valence-electron chi connectivity index (χ2n) is 5.87. The number of fused-ring (bicyclic) bond motifs is 1. The number of esters is 1. The largest absolute Gasteiger partial charge is 0.482 e. The first-order valence-electron chi connectivity index (χ1n) is 7.88. The number of aryl methyl sites for hydroxylation is 2. The molecule has 3 rings (SSSR count). The van der Waals surface area contributed by atoms with Crippen molar-refractivity contribution in [1.29, 1.82) is 0 Å². The normalized spacial score (nSPS) is 10.7. The van der Waals surface area contributed by atoms with E-state index in [1.54, 1.807) is 12.1 Å². The molecule has 1 heterocycles. The molecule has 0 amide bonds. The van der Waals surface area contributed by atoms with Crippen LogP contribution in [0.4, 0.5) is 0 Å². The molecule has 0 aliphatic heterocycles. The lowest BCUT2D eigenvalue weighted by molar-refractivity contribution is -0.136. The second kappa shape index (κ2) is 6.81. The van der Waals surface area contributed by atoms with E-state index in [-0.39, 0.29) is 6.61 Å². The molecule has 0 aliphatic rings. The van der Waals surface area contributed by atoms with Crippen molar-refractivity contribution in [1.82, 2.24) is 0 Å². The molecule has 3 aromatic rings. The minimum atomic E-state index is -0.532. The predicted octanol–water partition coefficient (Wildman–Crippen LogP) is 3.70. The Labute approximate surface area is 144 Å². The Hall–Kier alpha value is -3.08. The molecule has 0 fully saturated rings. The van der Waals surface area contributed by atoms with Crippen LogP contribution in [0.1, 0.15) is 16.7 Å². The van der Waals surface area contributed by atoms with Crippen LogP contribution in [0.5, 0.6) is 11.5 Å². The molecule has 0 saturated heterocycles. The lowest BCUT2D eigenvalue weighted by atomic mass is 10.1. The van der Waals surface area contributed by atoms with E-state index in [0.29, 0.717) is 17.1 Å². The third kappa shape index (κ3) is 3.71. The first kappa shape index (κ1) is 16.8. The van der Waals surface area contributed by atoms with Crippen molar-refractivity contribution in [2.45, 2.75) is 20.8 Å². The van der Waals surface area contributed by atoms with Gasteiger partial charge in [0.05, 0.1) is 0 Å². The first-order valence-corrected chi connectivity index (χ1v) is 7.88. The van der Waals surface area contributed by atoms with Crippen molar-refractivity contribution in [3.63, 3.8) is 0 Å². The zero-order valence-electron chi connectivity index (χ0n) is 14.3. The second-order valence-corrected chi connectivity index (χ2v) is 5.87. The molecule has 0 unspecified atom stereocenters. The van der Waals surface area contributed by atoms with E-state index in [4.69, 9.17) is 13.9 Å². The summed E-state index contributed by atoms with van der Waals surface area (Å²) in [5, 5.41) is 0.797. The monoisotopic (exact) mass is 338 g/mol. The van der Waals surface area contributed by atoms with Crippen LogP contribution in [0.25, 0.3) is 11.0 Å². The van der Waals surface area contributed by atoms with Gasteiger partial charge in [0.15, 0.2) is 6.61 Å². The summed E-state index contributed by atoms with van der Waals surface area (Å²) in [7, 11) is 0. The molecule has 0 aliphatic carbocycles. The van der Waals surface area contributed by atoms with E-state index in [1.807, 2.05) is 39.0 Å². The van der Waals surface area contributed by atoms with Crippen molar-refractivity contribution < 1.29 is 18.7 Å². The highest BCUT2D eigenvalue weighted by Crippen LogP contribution is 2.23. The van der Waals surface area contributed by atoms with Crippen molar-refractivity contribution >= 4 is 16.9 Å². The molecule has 2 aromatic carbocycles. The standard InChI is InChI=1S/C20H18O5/c1-12-5-4-6-17(14(12)3)23-11-20(22)24-15-7-8-16-13(2)9-19(21)25-18(16)10-15/h4-10H,11H2,1-3H3. The summed E-state index contributed by atoms with van der Waals surface area (Å²) in [6.07, 6.45) is 0. The van der Waals surface area contributed by atoms with Gasteiger partial charge in [-0.05, 0) is 55.7 Å². The number of ether oxygens (including phenoxy) is 2. The van der Waals surface area contributed by atoms with Gasteiger partial charge in [0, 0.05) is 17.5 Å². The summed E-state index contributed by atoms with van der Waals surface area (Å²) in [6.45, 7) is 5.53. The summed E-state index contributed by atoms with van der Waals surface area (Å²) < 4.78 is 15.9. The summed E-state index contributed by atoms with van der Waals surface area (Å²) in [5.41, 5.74) is 2.82. The fourth-order valence-electron chi connectivity index (χ4n) is 2.55. The van der Waals surface area contributed by atoms with Crippen LogP contribution in [-0.4, -0.2) is 12.6 Å². The average molecular weight is 338 g/mol. The number of benzene rings is 2. The molecule has 5 nitrogen and oxygen atoms in total. The maximum Gasteiger partial charge on any atom is 0.349 e. The zero-order valence-corrected chi connectivity index (χ0v) is 14.3. The van der Waals surface area contributed by atoms with Crippen LogP contribution in [-0.2, 0) is 4.79 Å². The maximum atomic E-state index is 12.0. The first-order chi connectivity index (χ1) is 11.9. The van der Waals surface area contributed by atoms with E-state index in [0.717, 1.165) is 22.1 Å². The quantitative estimate of drug-likeness (QED) is 0.412. The van der Waals surface area contributed by atoms with E-state index < -0.39 is 11.6 Å². The molecule has 0 spiro atoms. The van der Waals surface area contributed by atoms with Gasteiger partial charge < -0.3 is 13.9 Å². The molecule has 0 radical (unpaired) electrons. The van der Waals surface area contributed by atoms with E-state index in [9.17, 15) is 9.59 Å². The molecular formula is C20H18O5.